The number of benzene rings is 7. The predicted molar refractivity (Wildman–Crippen MR) is 193 cm³/mol. The molecule has 0 radical (unpaired) electrons. The van der Waals surface area contributed by atoms with Crippen LogP contribution >= 0.6 is 0 Å². The maximum atomic E-state index is 5.55. The molecule has 8 aromatic rings. The van der Waals surface area contributed by atoms with Crippen molar-refractivity contribution >= 4 is 21.8 Å². The summed E-state index contributed by atoms with van der Waals surface area (Å²) in [5.74, 6) is 1.05. The van der Waals surface area contributed by atoms with Crippen LogP contribution in [0.3, 0.4) is 0 Å². The van der Waals surface area contributed by atoms with Gasteiger partial charge in [0.05, 0.1) is 11.0 Å². The first-order valence-electron chi connectivity index (χ1n) is 16.2. The molecular formula is C44H32N2. The highest BCUT2D eigenvalue weighted by atomic mass is 15.1. The van der Waals surface area contributed by atoms with Crippen LogP contribution in [0.2, 0.25) is 0 Å². The van der Waals surface area contributed by atoms with E-state index in [1.807, 2.05) is 0 Å². The molecule has 0 spiro atoms. The fourth-order valence-corrected chi connectivity index (χ4v) is 7.53. The molecule has 1 aliphatic heterocycles. The molecule has 0 atom stereocenters. The minimum absolute atomic E-state index is 0.904. The van der Waals surface area contributed by atoms with Crippen molar-refractivity contribution < 1.29 is 0 Å². The van der Waals surface area contributed by atoms with Crippen molar-refractivity contribution in [2.45, 2.75) is 19.4 Å². The molecule has 0 saturated heterocycles. The van der Waals surface area contributed by atoms with Crippen LogP contribution in [-0.4, -0.2) is 9.55 Å². The van der Waals surface area contributed by atoms with E-state index < -0.39 is 0 Å². The highest BCUT2D eigenvalue weighted by Crippen LogP contribution is 2.47. The summed E-state index contributed by atoms with van der Waals surface area (Å²) < 4.78 is 2.52. The molecule has 46 heavy (non-hydrogen) atoms. The van der Waals surface area contributed by atoms with Crippen LogP contribution in [0.1, 0.15) is 12.0 Å². The van der Waals surface area contributed by atoms with Gasteiger partial charge in [-0.15, -0.1) is 0 Å². The van der Waals surface area contributed by atoms with Crippen LogP contribution < -0.4 is 0 Å². The zero-order valence-electron chi connectivity index (χ0n) is 25.5. The Balaban J connectivity index is 1.42. The molecule has 9 rings (SSSR count). The molecule has 0 fully saturated rings. The lowest BCUT2D eigenvalue weighted by Gasteiger charge is -2.22. The number of nitrogens with zero attached hydrogens (tertiary/aromatic N) is 2. The number of hydrogen-bond donors (Lipinski definition) is 0. The highest BCUT2D eigenvalue weighted by molar-refractivity contribution is 6.10. The van der Waals surface area contributed by atoms with E-state index in [4.69, 9.17) is 4.98 Å². The fraction of sp³-hybridized carbons (Fsp3) is 0.0682. The van der Waals surface area contributed by atoms with Crippen LogP contribution in [0.5, 0.6) is 0 Å². The Kier molecular flexibility index (Phi) is 6.38. The number of imidazole rings is 1. The van der Waals surface area contributed by atoms with Gasteiger partial charge >= 0.3 is 0 Å². The summed E-state index contributed by atoms with van der Waals surface area (Å²) >= 11 is 0. The second kappa shape index (κ2) is 11.0. The molecule has 218 valence electrons. The third-order valence-electron chi connectivity index (χ3n) is 9.52. The van der Waals surface area contributed by atoms with Gasteiger partial charge < -0.3 is 4.57 Å². The molecule has 7 aromatic carbocycles. The molecule has 0 saturated carbocycles. The quantitative estimate of drug-likeness (QED) is 0.200. The second-order valence-corrected chi connectivity index (χ2v) is 12.2. The average molecular weight is 589 g/mol. The maximum Gasteiger partial charge on any atom is 0.141 e. The number of fused-ring (bicyclic) bond motifs is 4. The van der Waals surface area contributed by atoms with Gasteiger partial charge in [0.25, 0.3) is 0 Å². The Hall–Kier alpha value is -5.73. The Labute approximate surface area is 269 Å². The lowest BCUT2D eigenvalue weighted by Crippen LogP contribution is -2.07. The van der Waals surface area contributed by atoms with Gasteiger partial charge in [-0.2, -0.15) is 0 Å². The van der Waals surface area contributed by atoms with Gasteiger partial charge in [0.2, 0.25) is 0 Å². The monoisotopic (exact) mass is 588 g/mol. The molecule has 2 heteroatoms. The summed E-state index contributed by atoms with van der Waals surface area (Å²) in [7, 11) is 0. The van der Waals surface area contributed by atoms with Gasteiger partial charge in [-0.3, -0.25) is 0 Å². The minimum atomic E-state index is 0.904. The van der Waals surface area contributed by atoms with Crippen LogP contribution in [0.15, 0.2) is 158 Å². The summed E-state index contributed by atoms with van der Waals surface area (Å²) in [5.41, 5.74) is 14.7. The molecule has 1 aromatic heterocycles. The fourth-order valence-electron chi connectivity index (χ4n) is 7.53. The Morgan fingerprint density at radius 3 is 1.72 bits per heavy atom. The van der Waals surface area contributed by atoms with Gasteiger partial charge in [-0.25, -0.2) is 4.98 Å². The normalized spacial score (nSPS) is 12.5. The van der Waals surface area contributed by atoms with E-state index in [1.54, 1.807) is 0 Å². The molecule has 0 unspecified atom stereocenters. The molecule has 2 nitrogen and oxygen atoms in total. The molecule has 0 N–H and O–H groups in total. The topological polar surface area (TPSA) is 17.8 Å². The van der Waals surface area contributed by atoms with Crippen LogP contribution in [0, 0.1) is 0 Å². The van der Waals surface area contributed by atoms with E-state index in [0.29, 0.717) is 0 Å². The maximum absolute atomic E-state index is 5.55. The standard InChI is InChI=1S/C44H32N2/c1-5-15-30(16-6-1)35-27-26-34-23-14-28-46-43-39(45-44(46)37-25-13-24-36(35)40(34)37)29-38(31-17-7-2-8-18-31)41(32-19-9-3-10-20-32)42(43)33-21-11-4-12-22-33/h1-13,15-22,24-27,29H,14,23,28H2. The van der Waals surface area contributed by atoms with Crippen LogP contribution in [-0.2, 0) is 13.0 Å². The van der Waals surface area contributed by atoms with E-state index in [0.717, 1.165) is 30.7 Å². The number of aryl methyl sites for hydroxylation is 2. The molecular weight excluding hydrogens is 556 g/mol. The van der Waals surface area contributed by atoms with Crippen molar-refractivity contribution in [1.82, 2.24) is 9.55 Å². The summed E-state index contributed by atoms with van der Waals surface area (Å²) in [6, 6.07) is 57.1. The van der Waals surface area contributed by atoms with E-state index in [-0.39, 0.29) is 0 Å². The van der Waals surface area contributed by atoms with Crippen molar-refractivity contribution in [3.63, 3.8) is 0 Å². The Bertz CT molecular complexity index is 2350. The summed E-state index contributed by atoms with van der Waals surface area (Å²) in [4.78, 5) is 5.55. The van der Waals surface area contributed by atoms with E-state index in [2.05, 4.69) is 162 Å². The van der Waals surface area contributed by atoms with Crippen LogP contribution in [0.25, 0.3) is 77.7 Å². The van der Waals surface area contributed by atoms with Crippen LogP contribution in [0.4, 0.5) is 0 Å². The zero-order chi connectivity index (χ0) is 30.5. The Morgan fingerprint density at radius 2 is 1.07 bits per heavy atom. The van der Waals surface area contributed by atoms with Gasteiger partial charge in [0.15, 0.2) is 0 Å². The van der Waals surface area contributed by atoms with Gasteiger partial charge in [0.1, 0.15) is 5.82 Å². The molecule has 0 bridgehead atoms. The molecule has 0 aliphatic carbocycles. The first-order valence-corrected chi connectivity index (χ1v) is 16.2. The van der Waals surface area contributed by atoms with Crippen molar-refractivity contribution in [3.8, 4) is 55.9 Å². The Morgan fingerprint density at radius 1 is 0.478 bits per heavy atom. The lowest BCUT2D eigenvalue weighted by atomic mass is 9.86. The number of hydrogen-bond acceptors (Lipinski definition) is 1. The van der Waals surface area contributed by atoms with E-state index in [1.165, 1.54) is 71.9 Å². The minimum Gasteiger partial charge on any atom is -0.323 e. The smallest absolute Gasteiger partial charge is 0.141 e. The third kappa shape index (κ3) is 4.29. The molecule has 0 amide bonds. The van der Waals surface area contributed by atoms with Crippen molar-refractivity contribution in [3.05, 3.63) is 163 Å². The number of rotatable bonds is 4. The highest BCUT2D eigenvalue weighted by Gasteiger charge is 2.26. The predicted octanol–water partition coefficient (Wildman–Crippen LogP) is 11.5. The second-order valence-electron chi connectivity index (χ2n) is 12.2. The van der Waals surface area contributed by atoms with Crippen molar-refractivity contribution in [2.75, 3.05) is 0 Å². The van der Waals surface area contributed by atoms with Crippen molar-refractivity contribution in [1.29, 1.82) is 0 Å². The number of aromatic nitrogens is 2. The van der Waals surface area contributed by atoms with E-state index in [9.17, 15) is 0 Å². The summed E-state index contributed by atoms with van der Waals surface area (Å²) in [5, 5.41) is 2.62. The van der Waals surface area contributed by atoms with Gasteiger partial charge in [-0.05, 0) is 74.2 Å². The van der Waals surface area contributed by atoms with Gasteiger partial charge in [0, 0.05) is 17.7 Å². The first-order chi connectivity index (χ1) is 22.8. The third-order valence-corrected chi connectivity index (χ3v) is 9.52. The zero-order valence-corrected chi connectivity index (χ0v) is 25.5. The van der Waals surface area contributed by atoms with Crippen molar-refractivity contribution in [2.24, 2.45) is 0 Å². The summed E-state index contributed by atoms with van der Waals surface area (Å²) in [6.45, 7) is 0.904. The average Bonchev–Trinajstić information content (AvgIpc) is 3.48. The summed E-state index contributed by atoms with van der Waals surface area (Å²) in [6.07, 6.45) is 2.07. The lowest BCUT2D eigenvalue weighted by molar-refractivity contribution is 0.661. The largest absolute Gasteiger partial charge is 0.323 e. The molecule has 1 aliphatic rings. The SMILES string of the molecule is c1ccc(-c2cc3nc4n(c3c(-c3ccccc3)c2-c2ccccc2)CCCc2ccc(-c3ccccc3)c3cccc-4c23)cc1. The molecule has 2 heterocycles. The first kappa shape index (κ1) is 26.7. The van der Waals surface area contributed by atoms with E-state index >= 15 is 0 Å². The van der Waals surface area contributed by atoms with Gasteiger partial charge in [-0.1, -0.05) is 152 Å².